The lowest BCUT2D eigenvalue weighted by Gasteiger charge is -2.18. The van der Waals surface area contributed by atoms with Crippen molar-refractivity contribution in [3.05, 3.63) is 65.5 Å². The summed E-state index contributed by atoms with van der Waals surface area (Å²) in [6.07, 6.45) is 1.03. The normalized spacial score (nSPS) is 11.6. The van der Waals surface area contributed by atoms with E-state index < -0.39 is 29.7 Å². The van der Waals surface area contributed by atoms with Gasteiger partial charge in [-0.15, -0.1) is 0 Å². The number of benzene rings is 1. The van der Waals surface area contributed by atoms with Crippen LogP contribution in [0.4, 0.5) is 8.78 Å². The standard InChI is InChI=1S/C16H14F2N2O3/c1-23-15(21)9-13(10-2-4-12(17)5-3-10)20-16(22)11-6-7-19-14(18)8-11/h2-8,13H,9H2,1H3,(H,20,22)/t13-/m0/s1. The highest BCUT2D eigenvalue weighted by Crippen LogP contribution is 2.19. The van der Waals surface area contributed by atoms with Gasteiger partial charge in [0, 0.05) is 17.8 Å². The Morgan fingerprint density at radius 1 is 1.22 bits per heavy atom. The first-order chi connectivity index (χ1) is 11.0. The predicted octanol–water partition coefficient (Wildman–Crippen LogP) is 2.39. The molecule has 0 saturated heterocycles. The average molecular weight is 320 g/mol. The van der Waals surface area contributed by atoms with E-state index in [1.165, 1.54) is 37.4 Å². The third kappa shape index (κ3) is 4.57. The first-order valence-electron chi connectivity index (χ1n) is 6.74. The Morgan fingerprint density at radius 2 is 1.91 bits per heavy atom. The number of esters is 1. The number of carbonyl (C=O) groups excluding carboxylic acids is 2. The van der Waals surface area contributed by atoms with Crippen molar-refractivity contribution in [2.24, 2.45) is 0 Å². The molecule has 2 aromatic rings. The second-order valence-corrected chi connectivity index (χ2v) is 4.73. The fourth-order valence-corrected chi connectivity index (χ4v) is 1.98. The monoisotopic (exact) mass is 320 g/mol. The van der Waals surface area contributed by atoms with Crippen molar-refractivity contribution in [3.63, 3.8) is 0 Å². The molecule has 2 rings (SSSR count). The number of aromatic nitrogens is 1. The van der Waals surface area contributed by atoms with E-state index in [1.807, 2.05) is 0 Å². The van der Waals surface area contributed by atoms with Crippen LogP contribution in [0.15, 0.2) is 42.6 Å². The average Bonchev–Trinajstić information content (AvgIpc) is 2.54. The molecule has 1 N–H and O–H groups in total. The number of methoxy groups -OCH3 is 1. The number of ether oxygens (including phenoxy) is 1. The van der Waals surface area contributed by atoms with Crippen LogP contribution in [0, 0.1) is 11.8 Å². The molecule has 1 aromatic heterocycles. The van der Waals surface area contributed by atoms with Gasteiger partial charge in [0.25, 0.3) is 5.91 Å². The molecule has 0 bridgehead atoms. The summed E-state index contributed by atoms with van der Waals surface area (Å²) in [7, 11) is 1.23. The molecule has 1 heterocycles. The summed E-state index contributed by atoms with van der Waals surface area (Å²) in [5, 5.41) is 2.60. The van der Waals surface area contributed by atoms with Crippen molar-refractivity contribution in [2.45, 2.75) is 12.5 Å². The molecule has 7 heteroatoms. The van der Waals surface area contributed by atoms with Crippen LogP contribution in [0.1, 0.15) is 28.4 Å². The van der Waals surface area contributed by atoms with Gasteiger partial charge in [-0.05, 0) is 23.8 Å². The van der Waals surface area contributed by atoms with Crippen LogP contribution in [-0.2, 0) is 9.53 Å². The minimum atomic E-state index is -0.788. The van der Waals surface area contributed by atoms with Gasteiger partial charge in [0.1, 0.15) is 5.82 Å². The molecule has 0 saturated carbocycles. The summed E-state index contributed by atoms with van der Waals surface area (Å²) in [6.45, 7) is 0. The molecule has 0 fully saturated rings. The Bertz CT molecular complexity index is 705. The number of halogens is 2. The fraction of sp³-hybridized carbons (Fsp3) is 0.188. The summed E-state index contributed by atoms with van der Waals surface area (Å²) in [4.78, 5) is 27.1. The molecule has 1 amide bonds. The van der Waals surface area contributed by atoms with E-state index in [0.717, 1.165) is 12.3 Å². The molecule has 0 unspecified atom stereocenters. The molecule has 0 spiro atoms. The van der Waals surface area contributed by atoms with Crippen molar-refractivity contribution in [1.29, 1.82) is 0 Å². The number of nitrogens with zero attached hydrogens (tertiary/aromatic N) is 1. The minimum absolute atomic E-state index is 0.0643. The number of rotatable bonds is 5. The zero-order valence-corrected chi connectivity index (χ0v) is 12.3. The van der Waals surface area contributed by atoms with Gasteiger partial charge in [-0.1, -0.05) is 12.1 Å². The van der Waals surface area contributed by atoms with Gasteiger partial charge in [-0.3, -0.25) is 9.59 Å². The molecule has 0 radical (unpaired) electrons. The first kappa shape index (κ1) is 16.5. The molecule has 0 aliphatic carbocycles. The first-order valence-corrected chi connectivity index (χ1v) is 6.74. The van der Waals surface area contributed by atoms with Crippen molar-refractivity contribution >= 4 is 11.9 Å². The summed E-state index contributed by atoms with van der Waals surface area (Å²) in [6, 6.07) is 6.95. The number of hydrogen-bond donors (Lipinski definition) is 1. The molecule has 1 atom stereocenters. The topological polar surface area (TPSA) is 68.3 Å². The van der Waals surface area contributed by atoms with Crippen LogP contribution in [-0.4, -0.2) is 24.0 Å². The molecular formula is C16H14F2N2O3. The Hall–Kier alpha value is -2.83. The molecule has 23 heavy (non-hydrogen) atoms. The molecular weight excluding hydrogens is 306 g/mol. The van der Waals surface area contributed by atoms with Gasteiger partial charge < -0.3 is 10.1 Å². The number of pyridine rings is 1. The van der Waals surface area contributed by atoms with Crippen LogP contribution in [0.25, 0.3) is 0 Å². The Labute approximate surface area is 131 Å². The van der Waals surface area contributed by atoms with Gasteiger partial charge in [0.05, 0.1) is 19.6 Å². The van der Waals surface area contributed by atoms with Crippen LogP contribution in [0.2, 0.25) is 0 Å². The lowest BCUT2D eigenvalue weighted by atomic mass is 10.0. The third-order valence-electron chi connectivity index (χ3n) is 3.16. The maximum atomic E-state index is 13.1. The smallest absolute Gasteiger partial charge is 0.307 e. The molecule has 0 aliphatic rings. The zero-order chi connectivity index (χ0) is 16.8. The quantitative estimate of drug-likeness (QED) is 0.678. The zero-order valence-electron chi connectivity index (χ0n) is 12.3. The molecule has 1 aromatic carbocycles. The summed E-state index contributed by atoms with van der Waals surface area (Å²) >= 11 is 0. The fourth-order valence-electron chi connectivity index (χ4n) is 1.98. The highest BCUT2D eigenvalue weighted by molar-refractivity contribution is 5.94. The van der Waals surface area contributed by atoms with Crippen molar-refractivity contribution in [1.82, 2.24) is 10.3 Å². The number of amides is 1. The Kier molecular flexibility index (Phi) is 5.35. The largest absolute Gasteiger partial charge is 0.469 e. The molecule has 5 nitrogen and oxygen atoms in total. The number of hydrogen-bond acceptors (Lipinski definition) is 4. The minimum Gasteiger partial charge on any atom is -0.469 e. The lowest BCUT2D eigenvalue weighted by molar-refractivity contribution is -0.141. The van der Waals surface area contributed by atoms with Gasteiger partial charge in [0.2, 0.25) is 5.95 Å². The lowest BCUT2D eigenvalue weighted by Crippen LogP contribution is -2.30. The highest BCUT2D eigenvalue weighted by Gasteiger charge is 2.20. The van der Waals surface area contributed by atoms with E-state index in [2.05, 4.69) is 15.0 Å². The summed E-state index contributed by atoms with van der Waals surface area (Å²) < 4.78 is 30.7. The summed E-state index contributed by atoms with van der Waals surface area (Å²) in [5.41, 5.74) is 0.592. The van der Waals surface area contributed by atoms with Crippen LogP contribution >= 0.6 is 0 Å². The number of carbonyl (C=O) groups is 2. The highest BCUT2D eigenvalue weighted by atomic mass is 19.1. The maximum Gasteiger partial charge on any atom is 0.307 e. The van der Waals surface area contributed by atoms with E-state index in [1.54, 1.807) is 0 Å². The van der Waals surface area contributed by atoms with Gasteiger partial charge in [-0.25, -0.2) is 9.37 Å². The van der Waals surface area contributed by atoms with Crippen molar-refractivity contribution < 1.29 is 23.1 Å². The summed E-state index contributed by atoms with van der Waals surface area (Å²) in [5.74, 6) is -2.35. The van der Waals surface area contributed by atoms with Crippen molar-refractivity contribution in [3.8, 4) is 0 Å². The number of nitrogens with one attached hydrogen (secondary N) is 1. The second-order valence-electron chi connectivity index (χ2n) is 4.73. The van der Waals surface area contributed by atoms with Crippen LogP contribution in [0.5, 0.6) is 0 Å². The van der Waals surface area contributed by atoms with E-state index >= 15 is 0 Å². The van der Waals surface area contributed by atoms with Gasteiger partial charge in [0.15, 0.2) is 0 Å². The second kappa shape index (κ2) is 7.44. The Morgan fingerprint density at radius 3 is 2.52 bits per heavy atom. The molecule has 0 aliphatic heterocycles. The third-order valence-corrected chi connectivity index (χ3v) is 3.16. The van der Waals surface area contributed by atoms with Gasteiger partial charge >= 0.3 is 5.97 Å². The van der Waals surface area contributed by atoms with Gasteiger partial charge in [-0.2, -0.15) is 4.39 Å². The van der Waals surface area contributed by atoms with Crippen LogP contribution in [0.3, 0.4) is 0 Å². The van der Waals surface area contributed by atoms with Crippen LogP contribution < -0.4 is 5.32 Å². The maximum absolute atomic E-state index is 13.1. The van der Waals surface area contributed by atoms with E-state index in [0.29, 0.717) is 5.56 Å². The molecule has 120 valence electrons. The predicted molar refractivity (Wildman–Crippen MR) is 77.4 cm³/mol. The van der Waals surface area contributed by atoms with E-state index in [4.69, 9.17) is 0 Å². The van der Waals surface area contributed by atoms with E-state index in [9.17, 15) is 18.4 Å². The van der Waals surface area contributed by atoms with E-state index in [-0.39, 0.29) is 12.0 Å². The Balaban J connectivity index is 2.21. The van der Waals surface area contributed by atoms with Crippen molar-refractivity contribution in [2.75, 3.05) is 7.11 Å². The SMILES string of the molecule is COC(=O)C[C@H](NC(=O)c1ccnc(F)c1)c1ccc(F)cc1.